The number of carbonyl (C=O) groups is 2. The van der Waals surface area contributed by atoms with Crippen molar-refractivity contribution >= 4 is 23.2 Å². The summed E-state index contributed by atoms with van der Waals surface area (Å²) in [6.07, 6.45) is -0.818. The molecule has 1 N–H and O–H groups in total. The summed E-state index contributed by atoms with van der Waals surface area (Å²) < 4.78 is 16.6. The molecule has 0 radical (unpaired) electrons. The fourth-order valence-corrected chi connectivity index (χ4v) is 2.91. The van der Waals surface area contributed by atoms with Crippen LogP contribution in [0.15, 0.2) is 42.5 Å². The first-order chi connectivity index (χ1) is 13.0. The van der Waals surface area contributed by atoms with Gasteiger partial charge in [0.05, 0.1) is 25.9 Å². The minimum atomic E-state index is -0.818. The van der Waals surface area contributed by atoms with Crippen molar-refractivity contribution < 1.29 is 23.8 Å². The van der Waals surface area contributed by atoms with Gasteiger partial charge in [0.25, 0.3) is 5.91 Å². The Hall–Kier alpha value is -3.22. The highest BCUT2D eigenvalue weighted by Gasteiger charge is 2.32. The molecule has 0 saturated carbocycles. The number of nitrogens with one attached hydrogen (secondary N) is 1. The van der Waals surface area contributed by atoms with Crippen molar-refractivity contribution in [2.75, 3.05) is 30.5 Å². The van der Waals surface area contributed by atoms with Crippen LogP contribution in [0.5, 0.6) is 17.2 Å². The summed E-state index contributed by atoms with van der Waals surface area (Å²) in [6, 6.07) is 12.3. The Labute approximate surface area is 157 Å². The molecule has 27 heavy (non-hydrogen) atoms. The third-order valence-corrected chi connectivity index (χ3v) is 4.18. The van der Waals surface area contributed by atoms with E-state index in [0.29, 0.717) is 35.2 Å². The largest absolute Gasteiger partial charge is 0.493 e. The van der Waals surface area contributed by atoms with E-state index in [0.717, 1.165) is 0 Å². The van der Waals surface area contributed by atoms with E-state index in [1.165, 1.54) is 14.0 Å². The molecule has 1 aliphatic rings. The Bertz CT molecular complexity index is 852. The number of hydrogen-bond acceptors (Lipinski definition) is 5. The number of methoxy groups -OCH3 is 1. The number of ether oxygens (including phenoxy) is 3. The van der Waals surface area contributed by atoms with Gasteiger partial charge in [-0.05, 0) is 31.2 Å². The maximum absolute atomic E-state index is 12.7. The van der Waals surface area contributed by atoms with Gasteiger partial charge >= 0.3 is 0 Å². The zero-order valence-electron chi connectivity index (χ0n) is 15.5. The Balaban J connectivity index is 1.78. The van der Waals surface area contributed by atoms with Crippen LogP contribution >= 0.6 is 0 Å². The van der Waals surface area contributed by atoms with Crippen LogP contribution in [0.3, 0.4) is 0 Å². The van der Waals surface area contributed by atoms with Crippen molar-refractivity contribution in [3.8, 4) is 17.2 Å². The number of nitrogens with zero attached hydrogens (tertiary/aromatic N) is 1. The van der Waals surface area contributed by atoms with Gasteiger partial charge in [-0.3, -0.25) is 9.59 Å². The molecular weight excluding hydrogens is 348 g/mol. The first-order valence-corrected chi connectivity index (χ1v) is 8.69. The van der Waals surface area contributed by atoms with E-state index in [4.69, 9.17) is 14.2 Å². The van der Waals surface area contributed by atoms with Gasteiger partial charge in [0, 0.05) is 18.7 Å². The summed E-state index contributed by atoms with van der Waals surface area (Å²) >= 11 is 0. The number of hydrogen-bond donors (Lipinski definition) is 1. The molecule has 7 heteroatoms. The van der Waals surface area contributed by atoms with Gasteiger partial charge in [0.2, 0.25) is 5.91 Å². The normalized spacial score (nSPS) is 15.4. The lowest BCUT2D eigenvalue weighted by Crippen LogP contribution is -2.48. The second-order valence-corrected chi connectivity index (χ2v) is 5.99. The molecule has 7 nitrogen and oxygen atoms in total. The molecule has 0 fully saturated rings. The molecule has 142 valence electrons. The Morgan fingerprint density at radius 1 is 1.22 bits per heavy atom. The molecular formula is C20H22N2O5. The zero-order valence-corrected chi connectivity index (χ0v) is 15.5. The number of amides is 2. The SMILES string of the molecule is CCOc1ccc(NC(=O)C2CN(C(C)=O)c3ccccc3O2)cc1OC. The third-order valence-electron chi connectivity index (χ3n) is 4.18. The lowest BCUT2D eigenvalue weighted by Gasteiger charge is -2.33. The summed E-state index contributed by atoms with van der Waals surface area (Å²) in [5.74, 6) is 1.13. The molecule has 2 aromatic carbocycles. The van der Waals surface area contributed by atoms with Crippen LogP contribution in [0.1, 0.15) is 13.8 Å². The van der Waals surface area contributed by atoms with Crippen LogP contribution in [0.2, 0.25) is 0 Å². The topological polar surface area (TPSA) is 77.1 Å². The summed E-state index contributed by atoms with van der Waals surface area (Å²) in [6.45, 7) is 4.01. The molecule has 1 unspecified atom stereocenters. The number of benzene rings is 2. The van der Waals surface area contributed by atoms with Crippen LogP contribution in [0.25, 0.3) is 0 Å². The molecule has 1 aliphatic heterocycles. The van der Waals surface area contributed by atoms with Crippen LogP contribution in [0.4, 0.5) is 11.4 Å². The Morgan fingerprint density at radius 3 is 2.70 bits per heavy atom. The van der Waals surface area contributed by atoms with Gasteiger partial charge < -0.3 is 24.4 Å². The second-order valence-electron chi connectivity index (χ2n) is 5.99. The first-order valence-electron chi connectivity index (χ1n) is 8.69. The maximum Gasteiger partial charge on any atom is 0.267 e. The fourth-order valence-electron chi connectivity index (χ4n) is 2.91. The summed E-state index contributed by atoms with van der Waals surface area (Å²) in [4.78, 5) is 26.2. The van der Waals surface area contributed by atoms with Gasteiger partial charge in [-0.2, -0.15) is 0 Å². The van der Waals surface area contributed by atoms with Gasteiger partial charge in [-0.15, -0.1) is 0 Å². The van der Waals surface area contributed by atoms with E-state index in [1.807, 2.05) is 13.0 Å². The first kappa shape index (κ1) is 18.6. The molecule has 2 amide bonds. The van der Waals surface area contributed by atoms with Crippen molar-refractivity contribution in [2.45, 2.75) is 20.0 Å². The van der Waals surface area contributed by atoms with Crippen LogP contribution in [0, 0.1) is 0 Å². The standard InChI is InChI=1S/C20H22N2O5/c1-4-26-17-10-9-14(11-18(17)25-3)21-20(24)19-12-22(13(2)23)15-7-5-6-8-16(15)27-19/h5-11,19H,4,12H2,1-3H3,(H,21,24). The Morgan fingerprint density at radius 2 is 2.00 bits per heavy atom. The predicted octanol–water partition coefficient (Wildman–Crippen LogP) is 2.85. The van der Waals surface area contributed by atoms with Crippen LogP contribution in [-0.2, 0) is 9.59 Å². The van der Waals surface area contributed by atoms with E-state index in [2.05, 4.69) is 5.32 Å². The van der Waals surface area contributed by atoms with E-state index in [9.17, 15) is 9.59 Å². The summed E-state index contributed by atoms with van der Waals surface area (Å²) in [7, 11) is 1.54. The quantitative estimate of drug-likeness (QED) is 0.876. The van der Waals surface area contributed by atoms with E-state index >= 15 is 0 Å². The predicted molar refractivity (Wildman–Crippen MR) is 102 cm³/mol. The number of carbonyl (C=O) groups excluding carboxylic acids is 2. The second kappa shape index (κ2) is 7.99. The summed E-state index contributed by atoms with van der Waals surface area (Å²) in [5.41, 5.74) is 1.22. The monoisotopic (exact) mass is 370 g/mol. The smallest absolute Gasteiger partial charge is 0.267 e. The molecule has 2 aromatic rings. The average Bonchev–Trinajstić information content (AvgIpc) is 2.68. The number of anilines is 2. The number of fused-ring (bicyclic) bond motifs is 1. The minimum Gasteiger partial charge on any atom is -0.493 e. The van der Waals surface area contributed by atoms with E-state index in [-0.39, 0.29) is 18.4 Å². The van der Waals surface area contributed by atoms with E-state index in [1.54, 1.807) is 41.3 Å². The maximum atomic E-state index is 12.7. The Kier molecular flexibility index (Phi) is 5.49. The van der Waals surface area contributed by atoms with Crippen molar-refractivity contribution in [1.29, 1.82) is 0 Å². The molecule has 0 saturated heterocycles. The summed E-state index contributed by atoms with van der Waals surface area (Å²) in [5, 5.41) is 2.81. The molecule has 0 aromatic heterocycles. The molecule has 0 spiro atoms. The highest BCUT2D eigenvalue weighted by atomic mass is 16.5. The molecule has 3 rings (SSSR count). The van der Waals surface area contributed by atoms with Gasteiger partial charge in [-0.25, -0.2) is 0 Å². The lowest BCUT2D eigenvalue weighted by atomic mass is 10.1. The highest BCUT2D eigenvalue weighted by Crippen LogP contribution is 2.34. The third kappa shape index (κ3) is 3.97. The van der Waals surface area contributed by atoms with Gasteiger partial charge in [0.15, 0.2) is 17.6 Å². The van der Waals surface area contributed by atoms with Crippen LogP contribution in [-0.4, -0.2) is 38.2 Å². The molecule has 0 aliphatic carbocycles. The van der Waals surface area contributed by atoms with Crippen molar-refractivity contribution in [1.82, 2.24) is 0 Å². The molecule has 1 atom stereocenters. The minimum absolute atomic E-state index is 0.145. The zero-order chi connectivity index (χ0) is 19.4. The van der Waals surface area contributed by atoms with Crippen LogP contribution < -0.4 is 24.4 Å². The lowest BCUT2D eigenvalue weighted by molar-refractivity contribution is -0.123. The molecule has 1 heterocycles. The van der Waals surface area contributed by atoms with Crippen molar-refractivity contribution in [2.24, 2.45) is 0 Å². The highest BCUT2D eigenvalue weighted by molar-refractivity contribution is 5.99. The number of rotatable bonds is 5. The van der Waals surface area contributed by atoms with Gasteiger partial charge in [-0.1, -0.05) is 12.1 Å². The van der Waals surface area contributed by atoms with Crippen molar-refractivity contribution in [3.63, 3.8) is 0 Å². The fraction of sp³-hybridized carbons (Fsp3) is 0.300. The van der Waals surface area contributed by atoms with Gasteiger partial charge in [0.1, 0.15) is 5.75 Å². The van der Waals surface area contributed by atoms with E-state index < -0.39 is 6.10 Å². The number of para-hydroxylation sites is 2. The van der Waals surface area contributed by atoms with Crippen molar-refractivity contribution in [3.05, 3.63) is 42.5 Å². The molecule has 0 bridgehead atoms. The average molecular weight is 370 g/mol.